The first-order valence-electron chi connectivity index (χ1n) is 15.5. The van der Waals surface area contributed by atoms with Crippen molar-refractivity contribution in [3.8, 4) is 5.75 Å². The van der Waals surface area contributed by atoms with Gasteiger partial charge < -0.3 is 20.1 Å². The van der Waals surface area contributed by atoms with Crippen molar-refractivity contribution < 1.29 is 60.4 Å². The minimum atomic E-state index is -5.23. The molecule has 3 aromatic rings. The van der Waals surface area contributed by atoms with Crippen LogP contribution in [0.4, 0.5) is 36.4 Å². The third-order valence-corrected chi connectivity index (χ3v) is 9.03. The van der Waals surface area contributed by atoms with E-state index in [1.807, 2.05) is 0 Å². The van der Waals surface area contributed by atoms with Crippen molar-refractivity contribution >= 4 is 29.2 Å². The Labute approximate surface area is 281 Å². The van der Waals surface area contributed by atoms with Crippen LogP contribution in [0.1, 0.15) is 41.5 Å². The lowest BCUT2D eigenvalue weighted by molar-refractivity contribution is -0.143. The zero-order valence-electron chi connectivity index (χ0n) is 26.4. The Hall–Kier alpha value is -4.53. The van der Waals surface area contributed by atoms with E-state index in [-0.39, 0.29) is 37.5 Å². The lowest BCUT2D eigenvalue weighted by Crippen LogP contribution is -2.39. The van der Waals surface area contributed by atoms with E-state index in [0.717, 1.165) is 11.6 Å². The van der Waals surface area contributed by atoms with Gasteiger partial charge in [-0.1, -0.05) is 42.5 Å². The average Bonchev–Trinajstić information content (AvgIpc) is 3.31. The number of rotatable bonds is 10. The van der Waals surface area contributed by atoms with Crippen LogP contribution in [0.5, 0.6) is 5.75 Å². The van der Waals surface area contributed by atoms with E-state index in [1.165, 1.54) is 19.2 Å². The molecule has 1 fully saturated rings. The van der Waals surface area contributed by atoms with Gasteiger partial charge in [-0.2, -0.15) is 26.3 Å². The number of aromatic hydroxyl groups is 1. The van der Waals surface area contributed by atoms with Gasteiger partial charge in [0.05, 0.1) is 48.0 Å². The second-order valence-corrected chi connectivity index (χ2v) is 12.2. The molecule has 3 aromatic carbocycles. The number of phenolic OH excluding ortho intramolecular Hbond substituents is 1. The summed E-state index contributed by atoms with van der Waals surface area (Å²) < 4.78 is 101. The fourth-order valence-corrected chi connectivity index (χ4v) is 6.80. The molecule has 0 bridgehead atoms. The topological polar surface area (TPSA) is 107 Å². The molecule has 0 radical (unpaired) electrons. The number of alkyl halides is 6. The second-order valence-electron chi connectivity index (χ2n) is 12.2. The molecule has 1 heterocycles. The normalized spacial score (nSPS) is 20.8. The van der Waals surface area contributed by atoms with Crippen LogP contribution in [-0.4, -0.2) is 53.6 Å². The molecule has 0 spiro atoms. The number of ether oxygens (including phenoxy) is 1. The number of imide groups is 1. The van der Waals surface area contributed by atoms with E-state index in [0.29, 0.717) is 33.7 Å². The molecule has 1 aliphatic heterocycles. The maximum absolute atomic E-state index is 14.1. The number of amides is 2. The highest BCUT2D eigenvalue weighted by Gasteiger charge is 2.55. The summed E-state index contributed by atoms with van der Waals surface area (Å²) in [6.45, 7) is -0.929. The van der Waals surface area contributed by atoms with Gasteiger partial charge in [-0.05, 0) is 77.4 Å². The number of halogens is 7. The van der Waals surface area contributed by atoms with Crippen LogP contribution < -0.4 is 4.90 Å². The zero-order valence-corrected chi connectivity index (χ0v) is 26.4. The lowest BCUT2D eigenvalue weighted by atomic mass is 9.68. The van der Waals surface area contributed by atoms with Crippen LogP contribution >= 0.6 is 0 Å². The number of carbonyl (C=O) groups is 2. The first-order valence-corrected chi connectivity index (χ1v) is 15.5. The van der Waals surface area contributed by atoms with Crippen LogP contribution in [0.2, 0.25) is 0 Å². The van der Waals surface area contributed by atoms with Crippen molar-refractivity contribution in [1.29, 1.82) is 0 Å². The summed E-state index contributed by atoms with van der Waals surface area (Å²) in [5.74, 6) is -7.39. The molecule has 266 valence electrons. The van der Waals surface area contributed by atoms with Crippen molar-refractivity contribution in [3.05, 3.63) is 106 Å². The minimum Gasteiger partial charge on any atom is -0.505 e. The standard InChI is InChI=1S/C36H32F7NO6/c1-50-18-22-13-26-32(34(49)44(33(26)48)25-15-23(35(38,39)40)14-24(16-25)36(41,42)43)27(17-45)31(22)30(47)10-8-21(20-5-3-2-4-6-20)11-19-7-9-29(46)28(37)12-19/h2-7,9,11-12,14-16,26-27,30,32,45-47H,8,10,13,17-18H2,1H3/b21-11-/t26-,27+,30-,32-/m1/s1. The molecule has 5 rings (SSSR count). The third-order valence-electron chi connectivity index (χ3n) is 9.03. The number of aliphatic hydroxyl groups is 2. The van der Waals surface area contributed by atoms with Crippen LogP contribution in [0.25, 0.3) is 11.6 Å². The average molecular weight is 708 g/mol. The summed E-state index contributed by atoms with van der Waals surface area (Å²) in [5.41, 5.74) is -1.98. The minimum absolute atomic E-state index is 0.00779. The number of hydrogen-bond acceptors (Lipinski definition) is 6. The largest absolute Gasteiger partial charge is 0.505 e. The highest BCUT2D eigenvalue weighted by molar-refractivity contribution is 6.22. The number of nitrogens with zero attached hydrogens (tertiary/aromatic N) is 1. The number of anilines is 1. The highest BCUT2D eigenvalue weighted by atomic mass is 19.4. The Morgan fingerprint density at radius 2 is 1.60 bits per heavy atom. The zero-order chi connectivity index (χ0) is 36.5. The van der Waals surface area contributed by atoms with Crippen molar-refractivity contribution in [3.63, 3.8) is 0 Å². The Balaban J connectivity index is 1.49. The van der Waals surface area contributed by atoms with Gasteiger partial charge in [0.1, 0.15) is 0 Å². The van der Waals surface area contributed by atoms with Crippen molar-refractivity contribution in [2.45, 2.75) is 37.7 Å². The third kappa shape index (κ3) is 7.47. The molecule has 3 N–H and O–H groups in total. The van der Waals surface area contributed by atoms with Gasteiger partial charge in [-0.3, -0.25) is 9.59 Å². The Morgan fingerprint density at radius 3 is 2.16 bits per heavy atom. The molecule has 50 heavy (non-hydrogen) atoms. The quantitative estimate of drug-likeness (QED) is 0.0907. The summed E-state index contributed by atoms with van der Waals surface area (Å²) in [6, 6.07) is 13.2. The summed E-state index contributed by atoms with van der Waals surface area (Å²) in [4.78, 5) is 27.8. The van der Waals surface area contributed by atoms with E-state index in [4.69, 9.17) is 4.74 Å². The Bertz CT molecular complexity index is 1790. The van der Waals surface area contributed by atoms with E-state index in [9.17, 15) is 55.6 Å². The SMILES string of the molecule is COCC1=C([C@H](O)CC/C(=C/c2ccc(O)c(F)c2)c2ccccc2)[C@H](CO)[C@@H]2C(=O)N(c3cc(C(F)(F)F)cc(C(F)(F)F)c3)C(=O)[C@@H]2C1. The van der Waals surface area contributed by atoms with Crippen LogP contribution in [-0.2, 0) is 26.7 Å². The number of carbonyl (C=O) groups excluding carboxylic acids is 2. The van der Waals surface area contributed by atoms with Crippen molar-refractivity contribution in [2.24, 2.45) is 17.8 Å². The first-order chi connectivity index (χ1) is 23.5. The smallest absolute Gasteiger partial charge is 0.416 e. The van der Waals surface area contributed by atoms with Gasteiger partial charge >= 0.3 is 12.4 Å². The number of benzene rings is 3. The van der Waals surface area contributed by atoms with Gasteiger partial charge in [-0.25, -0.2) is 9.29 Å². The maximum Gasteiger partial charge on any atom is 0.416 e. The molecule has 7 nitrogen and oxygen atoms in total. The van der Waals surface area contributed by atoms with Gasteiger partial charge in [-0.15, -0.1) is 0 Å². The molecule has 1 aliphatic carbocycles. The first kappa shape index (κ1) is 36.7. The number of hydrogen-bond donors (Lipinski definition) is 3. The van der Waals surface area contributed by atoms with Gasteiger partial charge in [0.2, 0.25) is 11.8 Å². The van der Waals surface area contributed by atoms with Gasteiger partial charge in [0.15, 0.2) is 11.6 Å². The molecule has 2 amide bonds. The van der Waals surface area contributed by atoms with Gasteiger partial charge in [0.25, 0.3) is 0 Å². The molecule has 1 saturated heterocycles. The molecule has 14 heteroatoms. The van der Waals surface area contributed by atoms with Crippen molar-refractivity contribution in [2.75, 3.05) is 25.2 Å². The highest BCUT2D eigenvalue weighted by Crippen LogP contribution is 2.48. The number of methoxy groups -OCH3 is 1. The Kier molecular flexibility index (Phi) is 10.6. The number of aliphatic hydroxyl groups excluding tert-OH is 2. The lowest BCUT2D eigenvalue weighted by Gasteiger charge is -2.36. The molecule has 0 unspecified atom stereocenters. The fraction of sp³-hybridized carbons (Fsp3) is 0.333. The van der Waals surface area contributed by atoms with Crippen LogP contribution in [0.3, 0.4) is 0 Å². The van der Waals surface area contributed by atoms with E-state index >= 15 is 0 Å². The predicted octanol–water partition coefficient (Wildman–Crippen LogP) is 7.01. The molecule has 0 aromatic heterocycles. The van der Waals surface area contributed by atoms with Crippen LogP contribution in [0.15, 0.2) is 77.9 Å². The van der Waals surface area contributed by atoms with Crippen molar-refractivity contribution in [1.82, 2.24) is 0 Å². The monoisotopic (exact) mass is 707 g/mol. The molecular formula is C36H32F7NO6. The molecule has 4 atom stereocenters. The number of phenols is 1. The maximum atomic E-state index is 14.1. The summed E-state index contributed by atoms with van der Waals surface area (Å²) in [7, 11) is 1.33. The molecule has 2 aliphatic rings. The van der Waals surface area contributed by atoms with E-state index < -0.39 is 83.0 Å². The molecule has 0 saturated carbocycles. The predicted molar refractivity (Wildman–Crippen MR) is 168 cm³/mol. The van der Waals surface area contributed by atoms with Crippen LogP contribution in [0, 0.1) is 23.6 Å². The summed E-state index contributed by atoms with van der Waals surface area (Å²) in [6.07, 6.45) is -10.2. The van der Waals surface area contributed by atoms with E-state index in [1.54, 1.807) is 36.4 Å². The van der Waals surface area contributed by atoms with E-state index in [2.05, 4.69) is 0 Å². The summed E-state index contributed by atoms with van der Waals surface area (Å²) in [5, 5.41) is 31.8. The van der Waals surface area contributed by atoms with Gasteiger partial charge in [0, 0.05) is 13.0 Å². The summed E-state index contributed by atoms with van der Waals surface area (Å²) >= 11 is 0. The number of allylic oxidation sites excluding steroid dienone is 1. The number of fused-ring (bicyclic) bond motifs is 1. The second kappa shape index (κ2) is 14.4. The fourth-order valence-electron chi connectivity index (χ4n) is 6.80. The Morgan fingerprint density at radius 1 is 0.960 bits per heavy atom. The molecular weight excluding hydrogens is 675 g/mol.